The lowest BCUT2D eigenvalue weighted by Crippen LogP contribution is -2.19. The Morgan fingerprint density at radius 1 is 1.27 bits per heavy atom. The molecule has 2 fully saturated rings. The highest BCUT2D eigenvalue weighted by atomic mass is 32.2. The van der Waals surface area contributed by atoms with E-state index >= 15 is 0 Å². The zero-order valence-electron chi connectivity index (χ0n) is 8.35. The monoisotopic (exact) mass is 250 g/mol. The van der Waals surface area contributed by atoms with Gasteiger partial charge in [0.05, 0.1) is 33.0 Å². The first kappa shape index (κ1) is 11.6. The van der Waals surface area contributed by atoms with Crippen LogP contribution in [0.4, 0.5) is 0 Å². The van der Waals surface area contributed by atoms with Gasteiger partial charge in [-0.25, -0.2) is 0 Å². The molecule has 2 unspecified atom stereocenters. The Kier molecular flexibility index (Phi) is 4.64. The van der Waals surface area contributed by atoms with Crippen molar-refractivity contribution in [1.82, 2.24) is 0 Å². The second-order valence-electron chi connectivity index (χ2n) is 3.41. The normalized spacial score (nSPS) is 29.2. The summed E-state index contributed by atoms with van der Waals surface area (Å²) in [6.45, 7) is 3.33. The van der Waals surface area contributed by atoms with Crippen LogP contribution in [0.25, 0.3) is 0 Å². The molecule has 86 valence electrons. The van der Waals surface area contributed by atoms with Gasteiger partial charge in [0.15, 0.2) is 0 Å². The zero-order chi connectivity index (χ0) is 10.5. The fourth-order valence-corrected chi connectivity index (χ4v) is 2.19. The molecule has 15 heavy (non-hydrogen) atoms. The van der Waals surface area contributed by atoms with Gasteiger partial charge in [-0.05, 0) is 12.2 Å². The summed E-state index contributed by atoms with van der Waals surface area (Å²) in [4.78, 5) is 0. The fraction of sp³-hybridized carbons (Fsp3) is 0.889. The van der Waals surface area contributed by atoms with Crippen molar-refractivity contribution in [2.24, 2.45) is 0 Å². The SMILES string of the molecule is S=C1OC(COCCOCC2CO2)CS1. The Bertz CT molecular complexity index is 220. The molecular weight excluding hydrogens is 236 g/mol. The van der Waals surface area contributed by atoms with E-state index in [0.717, 1.165) is 12.4 Å². The van der Waals surface area contributed by atoms with Crippen molar-refractivity contribution < 1.29 is 18.9 Å². The van der Waals surface area contributed by atoms with Crippen molar-refractivity contribution >= 4 is 28.4 Å². The maximum atomic E-state index is 5.40. The van der Waals surface area contributed by atoms with E-state index in [1.165, 1.54) is 0 Å². The summed E-state index contributed by atoms with van der Waals surface area (Å²) in [5, 5.41) is 0. The molecule has 0 saturated carbocycles. The van der Waals surface area contributed by atoms with Gasteiger partial charge in [-0.15, -0.1) is 0 Å². The van der Waals surface area contributed by atoms with Gasteiger partial charge in [0.1, 0.15) is 12.2 Å². The highest BCUT2D eigenvalue weighted by molar-refractivity contribution is 8.22. The maximum absolute atomic E-state index is 5.40. The van der Waals surface area contributed by atoms with Crippen LogP contribution in [0.5, 0.6) is 0 Å². The molecule has 0 amide bonds. The minimum atomic E-state index is 0.120. The summed E-state index contributed by atoms with van der Waals surface area (Å²) >= 11 is 6.47. The fourth-order valence-electron chi connectivity index (χ4n) is 1.16. The summed E-state index contributed by atoms with van der Waals surface area (Å²) in [5.41, 5.74) is 0. The van der Waals surface area contributed by atoms with Gasteiger partial charge in [-0.3, -0.25) is 0 Å². The van der Waals surface area contributed by atoms with Gasteiger partial charge in [0, 0.05) is 5.75 Å². The van der Waals surface area contributed by atoms with Crippen molar-refractivity contribution in [3.63, 3.8) is 0 Å². The molecule has 2 heterocycles. The first-order valence-corrected chi connectivity index (χ1v) is 6.34. The van der Waals surface area contributed by atoms with Crippen molar-refractivity contribution in [1.29, 1.82) is 0 Å². The van der Waals surface area contributed by atoms with E-state index in [9.17, 15) is 0 Å². The number of hydrogen-bond acceptors (Lipinski definition) is 6. The Morgan fingerprint density at radius 3 is 2.47 bits per heavy atom. The van der Waals surface area contributed by atoms with Gasteiger partial charge in [-0.1, -0.05) is 11.8 Å². The van der Waals surface area contributed by atoms with Gasteiger partial charge < -0.3 is 18.9 Å². The summed E-state index contributed by atoms with van der Waals surface area (Å²) in [6.07, 6.45) is 0.450. The highest BCUT2D eigenvalue weighted by Gasteiger charge is 2.22. The summed E-state index contributed by atoms with van der Waals surface area (Å²) in [7, 11) is 0. The van der Waals surface area contributed by atoms with Crippen LogP contribution in [-0.4, -0.2) is 55.4 Å². The van der Waals surface area contributed by atoms with Gasteiger partial charge in [0.2, 0.25) is 4.38 Å². The third-order valence-corrected chi connectivity index (χ3v) is 3.35. The molecule has 6 heteroatoms. The van der Waals surface area contributed by atoms with Gasteiger partial charge in [0.25, 0.3) is 0 Å². The standard InChI is InChI=1S/C9H14O4S2/c14-9-13-8(6-15-9)4-11-2-1-10-3-7-5-12-7/h7-8H,1-6H2. The van der Waals surface area contributed by atoms with Gasteiger partial charge in [-0.2, -0.15) is 0 Å². The van der Waals surface area contributed by atoms with E-state index in [2.05, 4.69) is 0 Å². The number of thiocarbonyl (C=S) groups is 1. The van der Waals surface area contributed by atoms with Crippen molar-refractivity contribution in [3.05, 3.63) is 0 Å². The van der Waals surface area contributed by atoms with Crippen molar-refractivity contribution in [2.45, 2.75) is 12.2 Å². The van der Waals surface area contributed by atoms with Gasteiger partial charge >= 0.3 is 0 Å². The van der Waals surface area contributed by atoms with E-state index in [-0.39, 0.29) is 6.10 Å². The Hall–Kier alpha value is 0.120. The van der Waals surface area contributed by atoms with E-state index in [0.29, 0.717) is 36.9 Å². The molecular formula is C9H14O4S2. The largest absolute Gasteiger partial charge is 0.472 e. The van der Waals surface area contributed by atoms with E-state index < -0.39 is 0 Å². The van der Waals surface area contributed by atoms with E-state index in [1.807, 2.05) is 0 Å². The average Bonchev–Trinajstić information content (AvgIpc) is 2.95. The molecule has 0 N–H and O–H groups in total. The highest BCUT2D eigenvalue weighted by Crippen LogP contribution is 2.19. The maximum Gasteiger partial charge on any atom is 0.220 e. The summed E-state index contributed by atoms with van der Waals surface area (Å²) < 4.78 is 21.7. The quantitative estimate of drug-likeness (QED) is 0.379. The Morgan fingerprint density at radius 2 is 1.93 bits per heavy atom. The average molecular weight is 250 g/mol. The smallest absolute Gasteiger partial charge is 0.220 e. The van der Waals surface area contributed by atoms with Crippen molar-refractivity contribution in [3.8, 4) is 0 Å². The van der Waals surface area contributed by atoms with Crippen LogP contribution in [0.2, 0.25) is 0 Å². The number of thioether (sulfide) groups is 1. The lowest BCUT2D eigenvalue weighted by molar-refractivity contribution is 0.0148. The molecule has 2 aliphatic rings. The van der Waals surface area contributed by atoms with Crippen LogP contribution in [0.1, 0.15) is 0 Å². The molecule has 0 spiro atoms. The first-order valence-electron chi connectivity index (χ1n) is 4.95. The van der Waals surface area contributed by atoms with Crippen LogP contribution in [0.15, 0.2) is 0 Å². The molecule has 0 radical (unpaired) electrons. The molecule has 2 aliphatic heterocycles. The minimum Gasteiger partial charge on any atom is -0.472 e. The molecule has 0 aromatic carbocycles. The summed E-state index contributed by atoms with van der Waals surface area (Å²) in [6, 6.07) is 0. The zero-order valence-corrected chi connectivity index (χ0v) is 9.98. The third-order valence-electron chi connectivity index (χ3n) is 2.03. The van der Waals surface area contributed by atoms with Crippen molar-refractivity contribution in [2.75, 3.05) is 38.8 Å². The lowest BCUT2D eigenvalue weighted by atomic mass is 10.4. The molecule has 2 saturated heterocycles. The topological polar surface area (TPSA) is 40.2 Å². The molecule has 2 rings (SSSR count). The molecule has 0 aliphatic carbocycles. The molecule has 0 aromatic rings. The predicted molar refractivity (Wildman–Crippen MR) is 61.3 cm³/mol. The number of rotatable bonds is 7. The minimum absolute atomic E-state index is 0.120. The first-order chi connectivity index (χ1) is 7.34. The van der Waals surface area contributed by atoms with Crippen LogP contribution in [0.3, 0.4) is 0 Å². The molecule has 4 nitrogen and oxygen atoms in total. The predicted octanol–water partition coefficient (Wildman–Crippen LogP) is 0.835. The lowest BCUT2D eigenvalue weighted by Gasteiger charge is -2.09. The van der Waals surface area contributed by atoms with E-state index in [1.54, 1.807) is 11.8 Å². The Labute approximate surface area is 98.6 Å². The van der Waals surface area contributed by atoms with Crippen LogP contribution >= 0.6 is 24.0 Å². The van der Waals surface area contributed by atoms with E-state index in [4.69, 9.17) is 31.2 Å². The molecule has 0 bridgehead atoms. The second kappa shape index (κ2) is 6.00. The number of hydrogen-bond donors (Lipinski definition) is 0. The van der Waals surface area contributed by atoms with Crippen LogP contribution in [0, 0.1) is 0 Å². The molecule has 2 atom stereocenters. The molecule has 0 aromatic heterocycles. The third kappa shape index (κ3) is 4.65. The van der Waals surface area contributed by atoms with Crippen LogP contribution < -0.4 is 0 Å². The number of epoxide rings is 1. The Balaban J connectivity index is 1.39. The van der Waals surface area contributed by atoms with Crippen LogP contribution in [-0.2, 0) is 18.9 Å². The second-order valence-corrected chi connectivity index (χ2v) is 5.03. The number of ether oxygens (including phenoxy) is 4. The summed E-state index contributed by atoms with van der Waals surface area (Å²) in [5.74, 6) is 0.898.